The van der Waals surface area contributed by atoms with Crippen LogP contribution in [0.3, 0.4) is 0 Å². The number of fused-ring (bicyclic) bond motifs is 2. The molecule has 0 saturated carbocycles. The minimum Gasteiger partial charge on any atom is -0.388 e. The minimum absolute atomic E-state index is 0.235. The highest BCUT2D eigenvalue weighted by molar-refractivity contribution is 5.98. The Kier molecular flexibility index (Phi) is 33.6. The van der Waals surface area contributed by atoms with E-state index in [0.717, 1.165) is 76.0 Å². The molecule has 2 aromatic heterocycles. The van der Waals surface area contributed by atoms with Crippen LogP contribution < -0.4 is 20.9 Å². The van der Waals surface area contributed by atoms with Crippen LogP contribution in [0.15, 0.2) is 212 Å². The Morgan fingerprint density at radius 2 is 1.18 bits per heavy atom. The second-order valence-electron chi connectivity index (χ2n) is 25.6. The van der Waals surface area contributed by atoms with E-state index in [4.69, 9.17) is 0 Å². The summed E-state index contributed by atoms with van der Waals surface area (Å²) in [4.78, 5) is 24.7. The van der Waals surface area contributed by atoms with Gasteiger partial charge < -0.3 is 35.8 Å². The molecule has 4 unspecified atom stereocenters. The van der Waals surface area contributed by atoms with Gasteiger partial charge in [0.15, 0.2) is 5.78 Å². The first kappa shape index (κ1) is 74.5. The fraction of sp³-hybridized carbons (Fsp3) is 0.405. The third-order valence-corrected chi connectivity index (χ3v) is 17.8. The number of carbonyl (C=O) groups is 1. The number of hydrogen-bond acceptors (Lipinski definition) is 8. The lowest BCUT2D eigenvalue weighted by Crippen LogP contribution is -2.33. The molecule has 0 amide bonds. The smallest absolute Gasteiger partial charge is 0.166 e. The number of rotatable bonds is 23. The van der Waals surface area contributed by atoms with Gasteiger partial charge in [-0.15, -0.1) is 0 Å². The van der Waals surface area contributed by atoms with E-state index in [1.807, 2.05) is 88.9 Å². The number of aromatic amines is 1. The van der Waals surface area contributed by atoms with E-state index in [1.165, 1.54) is 118 Å². The summed E-state index contributed by atoms with van der Waals surface area (Å²) in [7, 11) is 7.99. The fourth-order valence-electron chi connectivity index (χ4n) is 11.9. The fourth-order valence-corrected chi connectivity index (χ4v) is 11.9. The maximum Gasteiger partial charge on any atom is 0.166 e. The molecule has 11 rings (SSSR count). The Morgan fingerprint density at radius 3 is 1.78 bits per heavy atom. The van der Waals surface area contributed by atoms with Gasteiger partial charge in [0.25, 0.3) is 0 Å². The van der Waals surface area contributed by atoms with E-state index in [-0.39, 0.29) is 12.0 Å². The number of unbranched alkanes of at least 4 members (excludes halogenated alkanes) is 4. The van der Waals surface area contributed by atoms with Gasteiger partial charge >= 0.3 is 0 Å². The number of likely N-dealkylation sites (tertiary alicyclic amines) is 1. The van der Waals surface area contributed by atoms with Crippen LogP contribution >= 0.6 is 0 Å². The summed E-state index contributed by atoms with van der Waals surface area (Å²) in [5.74, 6) is 1.56. The third kappa shape index (κ3) is 25.7. The number of allylic oxidation sites excluding steroid dienone is 2. The third-order valence-electron chi connectivity index (χ3n) is 17.8. The van der Waals surface area contributed by atoms with Gasteiger partial charge in [0, 0.05) is 70.7 Å². The van der Waals surface area contributed by atoms with Crippen molar-refractivity contribution in [2.24, 2.45) is 11.8 Å². The molecule has 8 aromatic rings. The first-order valence-corrected chi connectivity index (χ1v) is 34.7. The zero-order chi connectivity index (χ0) is 66.6. The molecule has 5 N–H and O–H groups in total. The van der Waals surface area contributed by atoms with Crippen molar-refractivity contribution in [1.82, 2.24) is 30.8 Å². The van der Waals surface area contributed by atoms with Crippen molar-refractivity contribution >= 4 is 22.4 Å². The number of pyridine rings is 1. The minimum atomic E-state index is -0.316. The molecule has 9 nitrogen and oxygen atoms in total. The predicted molar refractivity (Wildman–Crippen MR) is 398 cm³/mol. The first-order chi connectivity index (χ1) is 45.2. The van der Waals surface area contributed by atoms with Crippen LogP contribution in [0, 0.1) is 46.5 Å². The molecule has 0 radical (unpaired) electrons. The van der Waals surface area contributed by atoms with Crippen molar-refractivity contribution in [2.45, 2.75) is 157 Å². The van der Waals surface area contributed by atoms with Crippen LogP contribution in [0.4, 0.5) is 5.69 Å². The van der Waals surface area contributed by atoms with E-state index in [0.29, 0.717) is 23.7 Å². The maximum absolute atomic E-state index is 12.2. The Balaban J connectivity index is 0.000000180. The standard InChI is InChI=1S/C21H27N.C17H21N.C14H19NO.C12H19NO.C11H14N2.C9H13N/c1-3-4-5-6-9-18-16-22(19-14-12-17(2)13-15-19)21-11-8-7-10-20(18)21;1-3-4-7-16(17-8-5-6-13-18-17)15-11-9-14(2)10-12-15;1-11-3-5-12(6-4-11)14(16)13-7-9-15(2)10-8-13;1-10-5-7-11(8-6-10)12(14)4-3-9-13-2;1-12-7-6-9-8-13-11-5-3-2-4-10(9)11;1-8-3-5-9(6-4-8)7-10-2/h7-8,10-16,20-21H,3-6,9H2,1-2H3;5-6,8-13,16H,3-4,7H2,1-2H3;3-6,13H,7-10H2,1-2H3;5-8,12-14H,3-4,9H2,1-2H3;2-5,8,12-13H,6-7H2,1H3;3-6,10H,7H2,1-2H3. The number of benzene rings is 6. The molecule has 0 spiro atoms. The predicted octanol–water partition coefficient (Wildman–Crippen LogP) is 18.7. The normalized spacial score (nSPS) is 15.5. The molecule has 9 heteroatoms. The number of nitrogens with one attached hydrogen (secondary N) is 4. The summed E-state index contributed by atoms with van der Waals surface area (Å²) in [6.07, 6.45) is 30.4. The Labute approximate surface area is 561 Å². The van der Waals surface area contributed by atoms with E-state index in [2.05, 4.69) is 230 Å². The summed E-state index contributed by atoms with van der Waals surface area (Å²) in [6.45, 7) is 20.0. The van der Waals surface area contributed by atoms with E-state index >= 15 is 0 Å². The molecule has 4 atom stereocenters. The summed E-state index contributed by atoms with van der Waals surface area (Å²) in [5, 5.41) is 20.5. The number of Topliss-reactive ketones (excluding diaryl/α,β-unsaturated/α-hetero) is 1. The Hall–Kier alpha value is -7.50. The van der Waals surface area contributed by atoms with E-state index < -0.39 is 0 Å². The molecule has 1 aliphatic carbocycles. The monoisotopic (exact) mass is 1250 g/mol. The molecule has 4 heterocycles. The zero-order valence-electron chi connectivity index (χ0n) is 58.4. The van der Waals surface area contributed by atoms with Crippen molar-refractivity contribution in [3.05, 3.63) is 274 Å². The topological polar surface area (TPSA) is 109 Å². The highest BCUT2D eigenvalue weighted by atomic mass is 16.3. The van der Waals surface area contributed by atoms with Crippen molar-refractivity contribution in [2.75, 3.05) is 59.3 Å². The second-order valence-corrected chi connectivity index (χ2v) is 25.6. The van der Waals surface area contributed by atoms with Gasteiger partial charge in [0.2, 0.25) is 0 Å². The highest BCUT2D eigenvalue weighted by Crippen LogP contribution is 2.39. The van der Waals surface area contributed by atoms with Gasteiger partial charge in [-0.25, -0.2) is 0 Å². The van der Waals surface area contributed by atoms with Gasteiger partial charge in [-0.2, -0.15) is 0 Å². The highest BCUT2D eigenvalue weighted by Gasteiger charge is 2.33. The summed E-state index contributed by atoms with van der Waals surface area (Å²) in [5.41, 5.74) is 17.7. The van der Waals surface area contributed by atoms with Crippen molar-refractivity contribution in [3.8, 4) is 0 Å². The van der Waals surface area contributed by atoms with Crippen LogP contribution in [0.2, 0.25) is 0 Å². The lowest BCUT2D eigenvalue weighted by atomic mass is 9.88. The molecular formula is C84H113N7O2. The average Bonchev–Trinajstić information content (AvgIpc) is 1.95. The maximum atomic E-state index is 12.2. The SMILES string of the molecule is CCCCC(c1ccc(C)cc1)c1ccccn1.CCCCCCC1=CN(c2ccc(C)cc2)C2C=CC=CC12.CNCCCC(O)c1ccc(C)cc1.CNCCc1c[nH]c2ccccc12.CNCc1ccc(C)cc1.Cc1ccc(C(=O)C2CCN(C)CC2)cc1. The van der Waals surface area contributed by atoms with Crippen LogP contribution in [-0.2, 0) is 13.0 Å². The average molecular weight is 1250 g/mol. The van der Waals surface area contributed by atoms with E-state index in [1.54, 1.807) is 5.57 Å². The molecule has 0 bridgehead atoms. The van der Waals surface area contributed by atoms with Gasteiger partial charge in [0.05, 0.1) is 12.1 Å². The number of aliphatic hydroxyl groups is 1. The quantitative estimate of drug-likeness (QED) is 0.0318. The van der Waals surface area contributed by atoms with Gasteiger partial charge in [-0.05, 0) is 199 Å². The molecular weight excluding hydrogens is 1140 g/mol. The van der Waals surface area contributed by atoms with Crippen molar-refractivity contribution in [3.63, 3.8) is 0 Å². The number of piperidine rings is 1. The number of H-pyrrole nitrogens is 1. The summed E-state index contributed by atoms with van der Waals surface area (Å²) < 4.78 is 0. The molecule has 1 saturated heterocycles. The number of aliphatic hydroxyl groups excluding tert-OH is 1. The van der Waals surface area contributed by atoms with Gasteiger partial charge in [0.1, 0.15) is 0 Å². The molecule has 1 fully saturated rings. The first-order valence-electron chi connectivity index (χ1n) is 34.7. The Bertz CT molecular complexity index is 3400. The van der Waals surface area contributed by atoms with Crippen LogP contribution in [0.25, 0.3) is 10.9 Å². The van der Waals surface area contributed by atoms with E-state index in [9.17, 15) is 9.90 Å². The number of ketones is 1. The molecule has 6 aromatic carbocycles. The number of carbonyl (C=O) groups excluding carboxylic acids is 1. The van der Waals surface area contributed by atoms with Gasteiger partial charge in [-0.1, -0.05) is 232 Å². The number of nitrogens with zero attached hydrogens (tertiary/aromatic N) is 3. The zero-order valence-corrected chi connectivity index (χ0v) is 58.4. The number of para-hydroxylation sites is 1. The van der Waals surface area contributed by atoms with Crippen LogP contribution in [0.5, 0.6) is 0 Å². The van der Waals surface area contributed by atoms with Crippen LogP contribution in [-0.4, -0.2) is 86.2 Å². The van der Waals surface area contributed by atoms with Gasteiger partial charge in [-0.3, -0.25) is 9.78 Å². The number of likely N-dealkylation sites (N-methyl/N-ethyl adjacent to an activating group) is 1. The molecule has 3 aliphatic rings. The number of aryl methyl sites for hydroxylation is 5. The van der Waals surface area contributed by atoms with Crippen molar-refractivity contribution in [1.29, 1.82) is 0 Å². The number of hydrogen-bond donors (Lipinski definition) is 5. The molecule has 2 aliphatic heterocycles. The van der Waals surface area contributed by atoms with Crippen LogP contribution in [0.1, 0.15) is 169 Å². The van der Waals surface area contributed by atoms with Crippen molar-refractivity contribution < 1.29 is 9.90 Å². The summed E-state index contributed by atoms with van der Waals surface area (Å²) >= 11 is 0. The number of anilines is 1. The second kappa shape index (κ2) is 42.0. The molecule has 93 heavy (non-hydrogen) atoms. The molecule has 496 valence electrons. The summed E-state index contributed by atoms with van der Waals surface area (Å²) in [6, 6.07) is 57.4. The number of aromatic nitrogens is 2. The largest absolute Gasteiger partial charge is 0.388 e. The Morgan fingerprint density at radius 1 is 0.602 bits per heavy atom. The lowest BCUT2D eigenvalue weighted by molar-refractivity contribution is 0.0856. The lowest BCUT2D eigenvalue weighted by Gasteiger charge is -2.28.